The fraction of sp³-hybridized carbons (Fsp3) is 0.0833. The minimum atomic E-state index is -0.390. The summed E-state index contributed by atoms with van der Waals surface area (Å²) in [6.45, 7) is 0. The molecule has 0 spiro atoms. The highest BCUT2D eigenvalue weighted by atomic mass is 32.1. The van der Waals surface area contributed by atoms with Crippen LogP contribution in [-0.2, 0) is 4.74 Å². The summed E-state index contributed by atoms with van der Waals surface area (Å²) >= 11 is 1.37. The van der Waals surface area contributed by atoms with E-state index in [4.69, 9.17) is 10.5 Å². The number of nitrogen functional groups attached to an aromatic ring is 1. The molecule has 4 nitrogen and oxygen atoms in total. The topological polar surface area (TPSA) is 68.1 Å². The number of ether oxygens (including phenoxy) is 1. The van der Waals surface area contributed by atoms with E-state index in [1.54, 1.807) is 0 Å². The van der Waals surface area contributed by atoms with E-state index in [2.05, 4.69) is 4.98 Å². The van der Waals surface area contributed by atoms with Crippen LogP contribution in [-0.4, -0.2) is 18.1 Å². The molecule has 0 unspecified atom stereocenters. The van der Waals surface area contributed by atoms with Crippen molar-refractivity contribution in [2.45, 2.75) is 0 Å². The molecule has 3 aromatic rings. The van der Waals surface area contributed by atoms with Gasteiger partial charge in [0.25, 0.3) is 0 Å². The van der Waals surface area contributed by atoms with Crippen LogP contribution in [0.2, 0.25) is 0 Å². The summed E-state index contributed by atoms with van der Waals surface area (Å²) in [7, 11) is 1.36. The molecule has 0 saturated carbocycles. The molecule has 2 heterocycles. The second-order valence-corrected chi connectivity index (χ2v) is 4.76. The van der Waals surface area contributed by atoms with Crippen molar-refractivity contribution in [2.24, 2.45) is 0 Å². The Morgan fingerprint density at radius 3 is 2.94 bits per heavy atom. The number of carbonyl (C=O) groups is 1. The third-order valence-corrected chi connectivity index (χ3v) is 3.70. The number of rotatable bonds is 1. The molecule has 3 N–H and O–H groups in total. The van der Waals surface area contributed by atoms with E-state index in [0.29, 0.717) is 10.6 Å². The van der Waals surface area contributed by atoms with E-state index in [0.717, 1.165) is 21.1 Å². The van der Waals surface area contributed by atoms with Gasteiger partial charge in [0.1, 0.15) is 15.4 Å². The molecule has 17 heavy (non-hydrogen) atoms. The van der Waals surface area contributed by atoms with Crippen molar-refractivity contribution >= 4 is 43.4 Å². The minimum Gasteiger partial charge on any atom is -0.465 e. The number of hydrogen-bond acceptors (Lipinski definition) is 4. The van der Waals surface area contributed by atoms with Gasteiger partial charge in [-0.1, -0.05) is 29.5 Å². The standard InChI is InChI=1S/C12H10N2O2S/c1-16-12(15)9-8-6-4-2-3-5-7(6)14-11(8)17-10(9)13/h2-5,14H,13H2,1H3. The van der Waals surface area contributed by atoms with Crippen molar-refractivity contribution in [3.63, 3.8) is 0 Å². The number of H-pyrrole nitrogens is 1. The molecule has 0 aliphatic carbocycles. The largest absolute Gasteiger partial charge is 0.465 e. The average Bonchev–Trinajstić information content (AvgIpc) is 2.82. The highest BCUT2D eigenvalue weighted by molar-refractivity contribution is 7.23. The summed E-state index contributed by atoms with van der Waals surface area (Å²) in [6, 6.07) is 7.82. The maximum atomic E-state index is 11.7. The van der Waals surface area contributed by atoms with Crippen LogP contribution in [0.4, 0.5) is 5.00 Å². The molecule has 0 atom stereocenters. The lowest BCUT2D eigenvalue weighted by Crippen LogP contribution is -2.02. The Morgan fingerprint density at radius 2 is 2.18 bits per heavy atom. The number of nitrogens with two attached hydrogens (primary N) is 1. The molecule has 0 radical (unpaired) electrons. The molecule has 0 aliphatic rings. The number of para-hydroxylation sites is 1. The molecule has 0 fully saturated rings. The zero-order valence-corrected chi connectivity index (χ0v) is 9.93. The third kappa shape index (κ3) is 1.32. The number of benzene rings is 1. The highest BCUT2D eigenvalue weighted by Crippen LogP contribution is 2.38. The van der Waals surface area contributed by atoms with Crippen LogP contribution in [0.25, 0.3) is 21.1 Å². The summed E-state index contributed by atoms with van der Waals surface area (Å²) in [5.41, 5.74) is 7.32. The number of hydrogen-bond donors (Lipinski definition) is 2. The number of anilines is 1. The van der Waals surface area contributed by atoms with Crippen molar-refractivity contribution in [3.05, 3.63) is 29.8 Å². The Bertz CT molecular complexity index is 727. The Morgan fingerprint density at radius 1 is 1.41 bits per heavy atom. The molecule has 86 valence electrons. The van der Waals surface area contributed by atoms with Gasteiger partial charge in [-0.05, 0) is 6.07 Å². The highest BCUT2D eigenvalue weighted by Gasteiger charge is 2.21. The number of aromatic nitrogens is 1. The predicted octanol–water partition coefficient (Wildman–Crippen LogP) is 2.75. The van der Waals surface area contributed by atoms with Gasteiger partial charge in [-0.2, -0.15) is 0 Å². The van der Waals surface area contributed by atoms with E-state index in [1.807, 2.05) is 24.3 Å². The van der Waals surface area contributed by atoms with Gasteiger partial charge in [0, 0.05) is 16.3 Å². The number of thiophene rings is 1. The molecule has 0 aliphatic heterocycles. The fourth-order valence-corrected chi connectivity index (χ4v) is 3.01. The number of aromatic amines is 1. The average molecular weight is 246 g/mol. The Kier molecular flexibility index (Phi) is 2.09. The molecular weight excluding hydrogens is 236 g/mol. The van der Waals surface area contributed by atoms with E-state index in [-0.39, 0.29) is 0 Å². The Balaban J connectivity index is 2.47. The van der Waals surface area contributed by atoms with E-state index in [9.17, 15) is 4.79 Å². The summed E-state index contributed by atoms with van der Waals surface area (Å²) in [4.78, 5) is 15.9. The second-order valence-electron chi connectivity index (χ2n) is 3.71. The molecule has 0 bridgehead atoms. The van der Waals surface area contributed by atoms with Crippen LogP contribution in [0.5, 0.6) is 0 Å². The van der Waals surface area contributed by atoms with Crippen molar-refractivity contribution in [1.29, 1.82) is 0 Å². The monoisotopic (exact) mass is 246 g/mol. The number of fused-ring (bicyclic) bond motifs is 3. The lowest BCUT2D eigenvalue weighted by molar-refractivity contribution is 0.0604. The molecule has 1 aromatic carbocycles. The van der Waals surface area contributed by atoms with Gasteiger partial charge in [-0.3, -0.25) is 0 Å². The lowest BCUT2D eigenvalue weighted by Gasteiger charge is -1.98. The van der Waals surface area contributed by atoms with Crippen molar-refractivity contribution < 1.29 is 9.53 Å². The van der Waals surface area contributed by atoms with Crippen LogP contribution in [0.3, 0.4) is 0 Å². The van der Waals surface area contributed by atoms with E-state index in [1.165, 1.54) is 18.4 Å². The number of carbonyl (C=O) groups excluding carboxylic acids is 1. The van der Waals surface area contributed by atoms with E-state index >= 15 is 0 Å². The Hall–Kier alpha value is -2.01. The van der Waals surface area contributed by atoms with Crippen molar-refractivity contribution in [3.8, 4) is 0 Å². The zero-order valence-electron chi connectivity index (χ0n) is 9.11. The van der Waals surface area contributed by atoms with Gasteiger partial charge < -0.3 is 15.5 Å². The summed E-state index contributed by atoms with van der Waals surface area (Å²) in [5, 5.41) is 2.34. The summed E-state index contributed by atoms with van der Waals surface area (Å²) in [6.07, 6.45) is 0. The minimum absolute atomic E-state index is 0.390. The number of nitrogens with one attached hydrogen (secondary N) is 1. The number of methoxy groups -OCH3 is 1. The summed E-state index contributed by atoms with van der Waals surface area (Å²) < 4.78 is 4.78. The smallest absolute Gasteiger partial charge is 0.341 e. The first kappa shape index (κ1) is 10.2. The van der Waals surface area contributed by atoms with Gasteiger partial charge in [0.05, 0.1) is 7.11 Å². The first-order valence-electron chi connectivity index (χ1n) is 5.09. The fourth-order valence-electron chi connectivity index (χ4n) is 2.03. The maximum absolute atomic E-state index is 11.7. The Labute approximate surface area is 101 Å². The van der Waals surface area contributed by atoms with Crippen LogP contribution in [0, 0.1) is 0 Å². The van der Waals surface area contributed by atoms with Gasteiger partial charge in [0.2, 0.25) is 0 Å². The molecular formula is C12H10N2O2S. The molecule has 2 aromatic heterocycles. The lowest BCUT2D eigenvalue weighted by atomic mass is 10.1. The van der Waals surface area contributed by atoms with E-state index < -0.39 is 5.97 Å². The van der Waals surface area contributed by atoms with Crippen LogP contribution >= 0.6 is 11.3 Å². The SMILES string of the molecule is COC(=O)c1c(N)sc2[nH]c3ccccc3c12. The van der Waals surface area contributed by atoms with Gasteiger partial charge in [-0.25, -0.2) is 4.79 Å². The van der Waals surface area contributed by atoms with Crippen molar-refractivity contribution in [2.75, 3.05) is 12.8 Å². The number of esters is 1. The third-order valence-electron chi connectivity index (χ3n) is 2.77. The van der Waals surface area contributed by atoms with Crippen LogP contribution < -0.4 is 5.73 Å². The zero-order chi connectivity index (χ0) is 12.0. The predicted molar refractivity (Wildman–Crippen MR) is 69.4 cm³/mol. The second kappa shape index (κ2) is 3.49. The van der Waals surface area contributed by atoms with Gasteiger partial charge in [-0.15, -0.1) is 0 Å². The normalized spacial score (nSPS) is 11.1. The first-order chi connectivity index (χ1) is 8.22. The quantitative estimate of drug-likeness (QED) is 0.649. The molecule has 3 rings (SSSR count). The van der Waals surface area contributed by atoms with Gasteiger partial charge >= 0.3 is 5.97 Å². The molecule has 0 saturated heterocycles. The maximum Gasteiger partial charge on any atom is 0.341 e. The van der Waals surface area contributed by atoms with Crippen LogP contribution in [0.1, 0.15) is 10.4 Å². The molecule has 5 heteroatoms. The first-order valence-corrected chi connectivity index (χ1v) is 5.91. The van der Waals surface area contributed by atoms with Gasteiger partial charge in [0.15, 0.2) is 0 Å². The van der Waals surface area contributed by atoms with Crippen molar-refractivity contribution in [1.82, 2.24) is 4.98 Å². The summed E-state index contributed by atoms with van der Waals surface area (Å²) in [5.74, 6) is -0.390. The van der Waals surface area contributed by atoms with Crippen LogP contribution in [0.15, 0.2) is 24.3 Å². The molecule has 0 amide bonds.